The smallest absolute Gasteiger partial charge is 0.0220 e. The van der Waals surface area contributed by atoms with Gasteiger partial charge in [-0.1, -0.05) is 6.42 Å². The molecule has 12 heavy (non-hydrogen) atoms. The van der Waals surface area contributed by atoms with Gasteiger partial charge < -0.3 is 10.6 Å². The summed E-state index contributed by atoms with van der Waals surface area (Å²) < 4.78 is 0. The first-order valence-electron chi connectivity index (χ1n) is 5.41. The molecule has 2 saturated heterocycles. The van der Waals surface area contributed by atoms with E-state index in [1.165, 1.54) is 51.7 Å². The molecular weight excluding hydrogens is 148 g/mol. The number of rotatable bonds is 0. The summed E-state index contributed by atoms with van der Waals surface area (Å²) >= 11 is 0. The molecule has 0 amide bonds. The van der Waals surface area contributed by atoms with E-state index in [4.69, 9.17) is 0 Å². The van der Waals surface area contributed by atoms with Crippen LogP contribution in [-0.2, 0) is 0 Å². The third-order valence-corrected chi connectivity index (χ3v) is 3.27. The summed E-state index contributed by atoms with van der Waals surface area (Å²) in [5.74, 6) is 0.961. The van der Waals surface area contributed by atoms with Crippen molar-refractivity contribution in [3.63, 3.8) is 0 Å². The van der Waals surface area contributed by atoms with Gasteiger partial charge in [0.25, 0.3) is 0 Å². The number of fused-ring (bicyclic) bond motifs is 1. The van der Waals surface area contributed by atoms with E-state index in [9.17, 15) is 0 Å². The standard InChI is InChI=1S/C10H20N2/c1-2-7-12-10-8-11-6-3-5-9(10)4-1/h9-12H,1-8H2/t9-,10-/m0/s1. The predicted molar refractivity (Wildman–Crippen MR) is 51.2 cm³/mol. The highest BCUT2D eigenvalue weighted by atomic mass is 15.0. The van der Waals surface area contributed by atoms with Crippen LogP contribution in [0.3, 0.4) is 0 Å². The fourth-order valence-corrected chi connectivity index (χ4v) is 2.52. The highest BCUT2D eigenvalue weighted by Gasteiger charge is 2.24. The molecule has 2 aliphatic heterocycles. The molecule has 0 aromatic carbocycles. The molecule has 2 fully saturated rings. The lowest BCUT2D eigenvalue weighted by Gasteiger charge is -2.22. The zero-order valence-electron chi connectivity index (χ0n) is 7.81. The Morgan fingerprint density at radius 1 is 0.917 bits per heavy atom. The average Bonchev–Trinajstić information content (AvgIpc) is 2.38. The van der Waals surface area contributed by atoms with Crippen molar-refractivity contribution in [1.82, 2.24) is 10.6 Å². The van der Waals surface area contributed by atoms with E-state index >= 15 is 0 Å². The molecule has 2 N–H and O–H groups in total. The van der Waals surface area contributed by atoms with Crippen LogP contribution in [0.15, 0.2) is 0 Å². The van der Waals surface area contributed by atoms with Gasteiger partial charge in [0.1, 0.15) is 0 Å². The molecule has 2 heteroatoms. The second-order valence-electron chi connectivity index (χ2n) is 4.16. The molecule has 0 aromatic heterocycles. The van der Waals surface area contributed by atoms with Crippen molar-refractivity contribution in [3.8, 4) is 0 Å². The Labute approximate surface area is 75.1 Å². The molecule has 2 aliphatic rings. The van der Waals surface area contributed by atoms with Crippen molar-refractivity contribution >= 4 is 0 Å². The molecule has 2 heterocycles. The Hall–Kier alpha value is -0.0800. The van der Waals surface area contributed by atoms with Gasteiger partial charge in [0.15, 0.2) is 0 Å². The lowest BCUT2D eigenvalue weighted by atomic mass is 9.92. The normalized spacial score (nSPS) is 38.0. The van der Waals surface area contributed by atoms with Crippen molar-refractivity contribution in [3.05, 3.63) is 0 Å². The van der Waals surface area contributed by atoms with E-state index in [1.54, 1.807) is 0 Å². The summed E-state index contributed by atoms with van der Waals surface area (Å²) in [6, 6.07) is 0.773. The summed E-state index contributed by atoms with van der Waals surface area (Å²) in [5.41, 5.74) is 0. The van der Waals surface area contributed by atoms with Crippen LogP contribution in [-0.4, -0.2) is 25.7 Å². The van der Waals surface area contributed by atoms with E-state index < -0.39 is 0 Å². The van der Waals surface area contributed by atoms with Gasteiger partial charge in [-0.2, -0.15) is 0 Å². The minimum Gasteiger partial charge on any atom is -0.315 e. The maximum Gasteiger partial charge on any atom is 0.0220 e. The number of nitrogens with one attached hydrogen (secondary N) is 2. The molecule has 2 rings (SSSR count). The molecule has 0 unspecified atom stereocenters. The monoisotopic (exact) mass is 168 g/mol. The zero-order chi connectivity index (χ0) is 8.23. The van der Waals surface area contributed by atoms with Gasteiger partial charge in [0.05, 0.1) is 0 Å². The molecular formula is C10H20N2. The Kier molecular flexibility index (Phi) is 3.01. The fraction of sp³-hybridized carbons (Fsp3) is 1.00. The zero-order valence-corrected chi connectivity index (χ0v) is 7.81. The first kappa shape index (κ1) is 8.52. The lowest BCUT2D eigenvalue weighted by Crippen LogP contribution is -2.41. The molecule has 2 atom stereocenters. The van der Waals surface area contributed by atoms with Crippen molar-refractivity contribution in [2.45, 2.75) is 38.1 Å². The van der Waals surface area contributed by atoms with Gasteiger partial charge in [-0.15, -0.1) is 0 Å². The van der Waals surface area contributed by atoms with Crippen molar-refractivity contribution in [2.75, 3.05) is 19.6 Å². The molecule has 0 aromatic rings. The molecule has 2 nitrogen and oxygen atoms in total. The summed E-state index contributed by atoms with van der Waals surface area (Å²) in [5, 5.41) is 7.17. The highest BCUT2D eigenvalue weighted by molar-refractivity contribution is 4.83. The molecule has 0 aliphatic carbocycles. The first-order chi connectivity index (χ1) is 5.97. The third kappa shape index (κ3) is 1.99. The largest absolute Gasteiger partial charge is 0.315 e. The van der Waals surface area contributed by atoms with Crippen LogP contribution in [0.4, 0.5) is 0 Å². The second-order valence-corrected chi connectivity index (χ2v) is 4.16. The van der Waals surface area contributed by atoms with Crippen LogP contribution in [0.25, 0.3) is 0 Å². The maximum atomic E-state index is 3.66. The van der Waals surface area contributed by atoms with E-state index in [2.05, 4.69) is 10.6 Å². The minimum absolute atomic E-state index is 0.773. The van der Waals surface area contributed by atoms with E-state index in [0.717, 1.165) is 12.0 Å². The minimum atomic E-state index is 0.773. The van der Waals surface area contributed by atoms with Crippen LogP contribution in [0.5, 0.6) is 0 Å². The van der Waals surface area contributed by atoms with Crippen LogP contribution >= 0.6 is 0 Å². The molecule has 70 valence electrons. The molecule has 0 saturated carbocycles. The van der Waals surface area contributed by atoms with Gasteiger partial charge in [-0.05, 0) is 44.7 Å². The van der Waals surface area contributed by atoms with E-state index in [1.807, 2.05) is 0 Å². The Morgan fingerprint density at radius 2 is 1.83 bits per heavy atom. The van der Waals surface area contributed by atoms with E-state index in [-0.39, 0.29) is 0 Å². The van der Waals surface area contributed by atoms with E-state index in [0.29, 0.717) is 0 Å². The summed E-state index contributed by atoms with van der Waals surface area (Å²) in [4.78, 5) is 0. The first-order valence-corrected chi connectivity index (χ1v) is 5.41. The Bertz CT molecular complexity index is 108. The highest BCUT2D eigenvalue weighted by Crippen LogP contribution is 2.22. The predicted octanol–water partition coefficient (Wildman–Crippen LogP) is 1.13. The Balaban J connectivity index is 1.94. The van der Waals surface area contributed by atoms with Gasteiger partial charge >= 0.3 is 0 Å². The van der Waals surface area contributed by atoms with Crippen LogP contribution < -0.4 is 10.6 Å². The van der Waals surface area contributed by atoms with Crippen molar-refractivity contribution in [2.24, 2.45) is 5.92 Å². The topological polar surface area (TPSA) is 24.1 Å². The van der Waals surface area contributed by atoms with Crippen LogP contribution in [0.1, 0.15) is 32.1 Å². The lowest BCUT2D eigenvalue weighted by molar-refractivity contribution is 0.355. The second kappa shape index (κ2) is 4.24. The molecule has 0 spiro atoms. The maximum absolute atomic E-state index is 3.66. The van der Waals surface area contributed by atoms with Gasteiger partial charge in [0.2, 0.25) is 0 Å². The molecule has 0 radical (unpaired) electrons. The summed E-state index contributed by atoms with van der Waals surface area (Å²) in [6.45, 7) is 3.67. The summed E-state index contributed by atoms with van der Waals surface area (Å²) in [6.07, 6.45) is 7.09. The quantitative estimate of drug-likeness (QED) is 0.566. The van der Waals surface area contributed by atoms with Crippen LogP contribution in [0, 0.1) is 5.92 Å². The number of hydrogen-bond acceptors (Lipinski definition) is 2. The van der Waals surface area contributed by atoms with Crippen molar-refractivity contribution < 1.29 is 0 Å². The van der Waals surface area contributed by atoms with Gasteiger partial charge in [0, 0.05) is 12.6 Å². The number of hydrogen-bond donors (Lipinski definition) is 2. The fourth-order valence-electron chi connectivity index (χ4n) is 2.52. The van der Waals surface area contributed by atoms with Gasteiger partial charge in [-0.25, -0.2) is 0 Å². The summed E-state index contributed by atoms with van der Waals surface area (Å²) in [7, 11) is 0. The average molecular weight is 168 g/mol. The molecule has 0 bridgehead atoms. The van der Waals surface area contributed by atoms with Crippen molar-refractivity contribution in [1.29, 1.82) is 0 Å². The Morgan fingerprint density at radius 3 is 2.83 bits per heavy atom. The van der Waals surface area contributed by atoms with Crippen LogP contribution in [0.2, 0.25) is 0 Å². The SMILES string of the molecule is C1CC[C@H]2CCCNC[C@@H]2NC1. The third-order valence-electron chi connectivity index (χ3n) is 3.27. The van der Waals surface area contributed by atoms with Gasteiger partial charge in [-0.3, -0.25) is 0 Å².